The lowest BCUT2D eigenvalue weighted by Crippen LogP contribution is -2.53. The normalized spacial score (nSPS) is 16.6. The van der Waals surface area contributed by atoms with Gasteiger partial charge in [0.2, 0.25) is 5.91 Å². The molecule has 2 unspecified atom stereocenters. The average Bonchev–Trinajstić information content (AvgIpc) is 3.26. The Morgan fingerprint density at radius 3 is 2.12 bits per heavy atom. The Morgan fingerprint density at radius 2 is 1.48 bits per heavy atom. The molecular weight excluding hydrogens is 524 g/mol. The molecule has 40 heavy (non-hydrogen) atoms. The number of nitrogens with zero attached hydrogens (tertiary/aromatic N) is 2. The Morgan fingerprint density at radius 1 is 0.825 bits per heavy atom. The molecule has 1 aromatic heterocycles. The van der Waals surface area contributed by atoms with Crippen LogP contribution in [0.1, 0.15) is 39.1 Å². The third-order valence-corrected chi connectivity index (χ3v) is 7.91. The van der Waals surface area contributed by atoms with E-state index < -0.39 is 5.92 Å². The van der Waals surface area contributed by atoms with E-state index >= 15 is 0 Å². The maximum atomic E-state index is 14.1. The zero-order valence-electron chi connectivity index (χ0n) is 22.3. The van der Waals surface area contributed by atoms with Crippen molar-refractivity contribution >= 4 is 40.0 Å². The molecule has 2 atom stereocenters. The van der Waals surface area contributed by atoms with Crippen LogP contribution in [-0.4, -0.2) is 30.6 Å². The lowest BCUT2D eigenvalue weighted by atomic mass is 9.76. The minimum atomic E-state index is -0.512. The minimum Gasteiger partial charge on any atom is -0.497 e. The zero-order chi connectivity index (χ0) is 28.0. The number of para-hydroxylation sites is 1. The first-order valence-electron chi connectivity index (χ1n) is 12.9. The Hall–Kier alpha value is -4.55. The maximum Gasteiger partial charge on any atom is 0.262 e. The molecule has 0 radical (unpaired) electrons. The van der Waals surface area contributed by atoms with Gasteiger partial charge in [0.15, 0.2) is 0 Å². The number of benzene rings is 4. The highest BCUT2D eigenvalue weighted by Crippen LogP contribution is 2.52. The molecule has 5 aromatic rings. The van der Waals surface area contributed by atoms with E-state index in [2.05, 4.69) is 0 Å². The first kappa shape index (κ1) is 25.7. The molecule has 7 heteroatoms. The van der Waals surface area contributed by atoms with E-state index in [1.54, 1.807) is 43.1 Å². The Bertz CT molecular complexity index is 1730. The summed E-state index contributed by atoms with van der Waals surface area (Å²) in [7, 11) is 3.24. The Labute approximate surface area is 237 Å². The highest BCUT2D eigenvalue weighted by atomic mass is 35.5. The van der Waals surface area contributed by atoms with Crippen LogP contribution in [0.4, 0.5) is 5.69 Å². The second-order valence-corrected chi connectivity index (χ2v) is 10.2. The van der Waals surface area contributed by atoms with Gasteiger partial charge in [-0.2, -0.15) is 0 Å². The summed E-state index contributed by atoms with van der Waals surface area (Å²) in [6, 6.07) is 29.6. The number of amides is 1. The van der Waals surface area contributed by atoms with Crippen molar-refractivity contribution in [2.24, 2.45) is 0 Å². The van der Waals surface area contributed by atoms with Gasteiger partial charge in [0, 0.05) is 27.4 Å². The molecule has 0 aliphatic carbocycles. The molecule has 0 bridgehead atoms. The summed E-state index contributed by atoms with van der Waals surface area (Å²) < 4.78 is 12.6. The van der Waals surface area contributed by atoms with E-state index in [1.165, 1.54) is 0 Å². The summed E-state index contributed by atoms with van der Waals surface area (Å²) in [5.74, 6) is 0.655. The molecule has 4 aromatic carbocycles. The van der Waals surface area contributed by atoms with Crippen molar-refractivity contribution in [2.75, 3.05) is 19.1 Å². The van der Waals surface area contributed by atoms with Gasteiger partial charge in [0.05, 0.1) is 31.7 Å². The smallest absolute Gasteiger partial charge is 0.262 e. The lowest BCUT2D eigenvalue weighted by Gasteiger charge is -2.48. The SMILES string of the molecule is COc1ccc(C2C(c3c(C)n(C(=O)c4ccc(Cl)cc4)c4ccc(OC)cc34)C(=O)N2c2ccccc2)cc1. The fourth-order valence-electron chi connectivity index (χ4n) is 5.71. The van der Waals surface area contributed by atoms with Gasteiger partial charge in [-0.15, -0.1) is 0 Å². The average molecular weight is 551 g/mol. The van der Waals surface area contributed by atoms with Crippen molar-refractivity contribution in [1.82, 2.24) is 4.57 Å². The van der Waals surface area contributed by atoms with Crippen LogP contribution in [0.2, 0.25) is 5.02 Å². The van der Waals surface area contributed by atoms with Gasteiger partial charge in [0.25, 0.3) is 5.91 Å². The summed E-state index contributed by atoms with van der Waals surface area (Å²) in [6.07, 6.45) is 0. The fraction of sp³-hybridized carbons (Fsp3) is 0.152. The molecule has 1 amide bonds. The van der Waals surface area contributed by atoms with Gasteiger partial charge in [-0.25, -0.2) is 0 Å². The van der Waals surface area contributed by atoms with Crippen molar-refractivity contribution in [3.05, 3.63) is 124 Å². The molecule has 1 aliphatic heterocycles. The van der Waals surface area contributed by atoms with Crippen LogP contribution < -0.4 is 14.4 Å². The summed E-state index contributed by atoms with van der Waals surface area (Å²) in [5, 5.41) is 1.36. The van der Waals surface area contributed by atoms with Crippen LogP contribution in [0.5, 0.6) is 11.5 Å². The predicted molar refractivity (Wildman–Crippen MR) is 157 cm³/mol. The van der Waals surface area contributed by atoms with E-state index in [1.807, 2.05) is 84.6 Å². The van der Waals surface area contributed by atoms with Crippen LogP contribution in [-0.2, 0) is 4.79 Å². The highest BCUT2D eigenvalue weighted by molar-refractivity contribution is 6.30. The maximum absolute atomic E-state index is 14.1. The number of anilines is 1. The van der Waals surface area contributed by atoms with Crippen molar-refractivity contribution in [1.29, 1.82) is 0 Å². The number of β-lactam (4-membered cyclic amide) rings is 1. The molecule has 0 N–H and O–H groups in total. The molecular formula is C33H27ClN2O4. The van der Waals surface area contributed by atoms with Crippen molar-refractivity contribution < 1.29 is 19.1 Å². The van der Waals surface area contributed by atoms with Crippen LogP contribution in [0.25, 0.3) is 10.9 Å². The molecule has 6 rings (SSSR count). The molecule has 6 nitrogen and oxygen atoms in total. The largest absolute Gasteiger partial charge is 0.497 e. The van der Waals surface area contributed by atoms with Crippen molar-refractivity contribution in [3.63, 3.8) is 0 Å². The van der Waals surface area contributed by atoms with Gasteiger partial charge in [-0.3, -0.25) is 14.2 Å². The van der Waals surface area contributed by atoms with Crippen molar-refractivity contribution in [2.45, 2.75) is 18.9 Å². The molecule has 1 fully saturated rings. The number of fused-ring (bicyclic) bond motifs is 1. The van der Waals surface area contributed by atoms with E-state index in [-0.39, 0.29) is 17.9 Å². The van der Waals surface area contributed by atoms with Crippen LogP contribution in [0, 0.1) is 6.92 Å². The highest BCUT2D eigenvalue weighted by Gasteiger charge is 2.51. The number of ether oxygens (including phenoxy) is 2. The molecule has 0 spiro atoms. The molecule has 1 aliphatic rings. The van der Waals surface area contributed by atoms with Crippen molar-refractivity contribution in [3.8, 4) is 11.5 Å². The number of carbonyl (C=O) groups is 2. The number of hydrogen-bond donors (Lipinski definition) is 0. The number of hydrogen-bond acceptors (Lipinski definition) is 4. The summed E-state index contributed by atoms with van der Waals surface area (Å²) in [4.78, 5) is 29.8. The monoisotopic (exact) mass is 550 g/mol. The third-order valence-electron chi connectivity index (χ3n) is 7.65. The Balaban J connectivity index is 1.55. The lowest BCUT2D eigenvalue weighted by molar-refractivity contribution is -0.126. The third kappa shape index (κ3) is 4.12. The zero-order valence-corrected chi connectivity index (χ0v) is 23.1. The van der Waals surface area contributed by atoms with Gasteiger partial charge >= 0.3 is 0 Å². The van der Waals surface area contributed by atoms with Crippen LogP contribution in [0.15, 0.2) is 97.1 Å². The van der Waals surface area contributed by atoms with E-state index in [4.69, 9.17) is 21.1 Å². The standard InChI is InChI=1S/C33H27ClN2O4/c1-20-29(27-19-26(40-3)17-18-28(27)35(20)32(37)22-9-13-23(34)14-10-22)30-31(21-11-15-25(39-2)16-12-21)36(33(30)38)24-7-5-4-6-8-24/h4-19,30-31H,1-3H3. The number of methoxy groups -OCH3 is 2. The molecule has 2 heterocycles. The summed E-state index contributed by atoms with van der Waals surface area (Å²) in [5.41, 5.74) is 4.54. The first-order valence-corrected chi connectivity index (χ1v) is 13.3. The fourth-order valence-corrected chi connectivity index (χ4v) is 5.84. The minimum absolute atomic E-state index is 0.0315. The van der Waals surface area contributed by atoms with Gasteiger partial charge in [-0.1, -0.05) is 41.9 Å². The summed E-state index contributed by atoms with van der Waals surface area (Å²) in [6.45, 7) is 1.90. The number of carbonyl (C=O) groups excluding carboxylic acids is 2. The van der Waals surface area contributed by atoms with E-state index in [0.717, 1.165) is 28.0 Å². The van der Waals surface area contributed by atoms with Gasteiger partial charge < -0.3 is 14.4 Å². The quantitative estimate of drug-likeness (QED) is 0.210. The van der Waals surface area contributed by atoms with E-state index in [9.17, 15) is 9.59 Å². The first-order chi connectivity index (χ1) is 19.4. The summed E-state index contributed by atoms with van der Waals surface area (Å²) >= 11 is 6.09. The van der Waals surface area contributed by atoms with Gasteiger partial charge in [-0.05, 0) is 84.8 Å². The topological polar surface area (TPSA) is 60.8 Å². The molecule has 200 valence electrons. The van der Waals surface area contributed by atoms with Crippen LogP contribution in [0.3, 0.4) is 0 Å². The Kier molecular flexibility index (Phi) is 6.56. The number of aromatic nitrogens is 1. The molecule has 0 saturated carbocycles. The predicted octanol–water partition coefficient (Wildman–Crippen LogP) is 7.18. The molecule has 1 saturated heterocycles. The number of rotatable bonds is 6. The number of halogens is 1. The second-order valence-electron chi connectivity index (χ2n) is 9.77. The van der Waals surface area contributed by atoms with Gasteiger partial charge in [0.1, 0.15) is 11.5 Å². The van der Waals surface area contributed by atoms with Crippen LogP contribution >= 0.6 is 11.6 Å². The van der Waals surface area contributed by atoms with E-state index in [0.29, 0.717) is 27.5 Å². The second kappa shape index (κ2) is 10.2.